The first-order chi connectivity index (χ1) is 16.3. The van der Waals surface area contributed by atoms with Gasteiger partial charge in [0.05, 0.1) is 11.4 Å². The van der Waals surface area contributed by atoms with Gasteiger partial charge in [-0.3, -0.25) is 9.59 Å². The van der Waals surface area contributed by atoms with E-state index >= 15 is 0 Å². The van der Waals surface area contributed by atoms with Gasteiger partial charge >= 0.3 is 0 Å². The lowest BCUT2D eigenvalue weighted by Gasteiger charge is -2.25. The Hall–Kier alpha value is -3.00. The van der Waals surface area contributed by atoms with E-state index in [0.717, 1.165) is 19.3 Å². The molecule has 0 unspecified atom stereocenters. The highest BCUT2D eigenvalue weighted by Crippen LogP contribution is 2.25. The number of nitrogens with zero attached hydrogens (tertiary/aromatic N) is 1. The number of rotatable bonds is 7. The molecule has 0 spiro atoms. The number of carbonyl (C=O) groups is 2. The summed E-state index contributed by atoms with van der Waals surface area (Å²) in [6.07, 6.45) is 2.83. The zero-order valence-corrected chi connectivity index (χ0v) is 20.1. The van der Waals surface area contributed by atoms with E-state index in [9.17, 15) is 18.0 Å². The summed E-state index contributed by atoms with van der Waals surface area (Å²) in [5.74, 6) is -0.756. The zero-order valence-electron chi connectivity index (χ0n) is 18.5. The summed E-state index contributed by atoms with van der Waals surface area (Å²) in [6.45, 7) is 1.13. The van der Waals surface area contributed by atoms with Gasteiger partial charge in [-0.25, -0.2) is 12.7 Å². The van der Waals surface area contributed by atoms with Crippen LogP contribution in [0.25, 0.3) is 0 Å². The fourth-order valence-corrected chi connectivity index (χ4v) is 5.73. The lowest BCUT2D eigenvalue weighted by molar-refractivity contribution is 0.102. The van der Waals surface area contributed by atoms with Gasteiger partial charge in [0.1, 0.15) is 0 Å². The van der Waals surface area contributed by atoms with Crippen molar-refractivity contribution in [1.82, 2.24) is 4.31 Å². The van der Waals surface area contributed by atoms with Crippen molar-refractivity contribution in [2.75, 3.05) is 18.4 Å². The van der Waals surface area contributed by atoms with Crippen molar-refractivity contribution in [2.45, 2.75) is 25.0 Å². The van der Waals surface area contributed by atoms with Gasteiger partial charge in [-0.15, -0.1) is 0 Å². The molecule has 176 valence electrons. The third kappa shape index (κ3) is 5.73. The molecule has 0 atom stereocenters. The minimum atomic E-state index is -3.38. The molecule has 1 saturated heterocycles. The van der Waals surface area contributed by atoms with Crippen LogP contribution in [0.4, 0.5) is 5.69 Å². The van der Waals surface area contributed by atoms with E-state index in [1.165, 1.54) is 6.07 Å². The number of sulfonamides is 1. The van der Waals surface area contributed by atoms with Crippen molar-refractivity contribution in [1.29, 1.82) is 0 Å². The molecule has 3 aromatic rings. The standard InChI is InChI=1S/C26H25ClN2O4S/c27-22-13-14-24(23(17-22)25(30)20-7-3-1-4-8-20)28-26(31)21-11-9-19(10-12-21)18-34(32,33)29-15-5-2-6-16-29/h1,3-4,7-14,17H,2,5-6,15-16,18H2,(H,28,31). The average Bonchev–Trinajstić information content (AvgIpc) is 2.86. The predicted octanol–water partition coefficient (Wildman–Crippen LogP) is 5.14. The Kier molecular flexibility index (Phi) is 7.46. The fraction of sp³-hybridized carbons (Fsp3) is 0.231. The maximum Gasteiger partial charge on any atom is 0.255 e. The molecule has 4 rings (SSSR count). The molecule has 3 aromatic carbocycles. The summed E-state index contributed by atoms with van der Waals surface area (Å²) in [5.41, 5.74) is 2.09. The number of ketones is 1. The van der Waals surface area contributed by atoms with E-state index in [1.54, 1.807) is 65.0 Å². The summed E-state index contributed by atoms with van der Waals surface area (Å²) in [6, 6.07) is 19.9. The van der Waals surface area contributed by atoms with Crippen LogP contribution >= 0.6 is 11.6 Å². The predicted molar refractivity (Wildman–Crippen MR) is 134 cm³/mol. The van der Waals surface area contributed by atoms with Crippen LogP contribution in [-0.4, -0.2) is 37.5 Å². The molecule has 1 aliphatic rings. The SMILES string of the molecule is O=C(Nc1ccc(Cl)cc1C(=O)c1ccccc1)c1ccc(CS(=O)(=O)N2CCCCC2)cc1. The van der Waals surface area contributed by atoms with Crippen molar-refractivity contribution in [3.8, 4) is 0 Å². The Morgan fingerprint density at radius 3 is 2.21 bits per heavy atom. The lowest BCUT2D eigenvalue weighted by atomic mass is 10.0. The molecule has 34 heavy (non-hydrogen) atoms. The highest BCUT2D eigenvalue weighted by Gasteiger charge is 2.24. The average molecular weight is 497 g/mol. The molecule has 1 aliphatic heterocycles. The van der Waals surface area contributed by atoms with Crippen LogP contribution in [0.1, 0.15) is 51.1 Å². The van der Waals surface area contributed by atoms with Crippen molar-refractivity contribution < 1.29 is 18.0 Å². The second-order valence-electron chi connectivity index (χ2n) is 8.25. The Morgan fingerprint density at radius 2 is 1.53 bits per heavy atom. The molecule has 1 amide bonds. The minimum Gasteiger partial charge on any atom is -0.321 e. The van der Waals surface area contributed by atoms with E-state index in [-0.39, 0.29) is 17.1 Å². The summed E-state index contributed by atoms with van der Waals surface area (Å²) in [7, 11) is -3.38. The van der Waals surface area contributed by atoms with Crippen LogP contribution in [0.15, 0.2) is 72.8 Å². The molecule has 0 aliphatic carbocycles. The molecule has 0 saturated carbocycles. The molecule has 1 heterocycles. The van der Waals surface area contributed by atoms with Crippen molar-refractivity contribution in [3.63, 3.8) is 0 Å². The number of nitrogens with one attached hydrogen (secondary N) is 1. The first-order valence-corrected chi connectivity index (χ1v) is 13.1. The van der Waals surface area contributed by atoms with Crippen LogP contribution in [-0.2, 0) is 15.8 Å². The van der Waals surface area contributed by atoms with Gasteiger partial charge in [0.15, 0.2) is 5.78 Å². The third-order valence-corrected chi connectivity index (χ3v) is 7.87. The molecule has 6 nitrogen and oxygen atoms in total. The topological polar surface area (TPSA) is 83.5 Å². The molecule has 0 aromatic heterocycles. The van der Waals surface area contributed by atoms with Gasteiger partial charge in [-0.2, -0.15) is 0 Å². The van der Waals surface area contributed by atoms with Crippen LogP contribution < -0.4 is 5.32 Å². The Labute approximate surface area is 204 Å². The number of amides is 1. The highest BCUT2D eigenvalue weighted by atomic mass is 35.5. The van der Waals surface area contributed by atoms with E-state index in [2.05, 4.69) is 5.32 Å². The van der Waals surface area contributed by atoms with E-state index < -0.39 is 15.9 Å². The molecule has 1 fully saturated rings. The quantitative estimate of drug-likeness (QED) is 0.459. The maximum absolute atomic E-state index is 13.0. The van der Waals surface area contributed by atoms with E-state index in [4.69, 9.17) is 11.6 Å². The molecule has 0 radical (unpaired) electrons. The Bertz CT molecular complexity index is 1290. The van der Waals surface area contributed by atoms with E-state index in [1.807, 2.05) is 6.07 Å². The number of halogens is 1. The Morgan fingerprint density at radius 1 is 0.853 bits per heavy atom. The molecule has 0 bridgehead atoms. The monoisotopic (exact) mass is 496 g/mol. The number of anilines is 1. The van der Waals surface area contributed by atoms with Gasteiger partial charge in [-0.1, -0.05) is 60.5 Å². The van der Waals surface area contributed by atoms with Crippen LogP contribution in [0.5, 0.6) is 0 Å². The number of hydrogen-bond donors (Lipinski definition) is 1. The largest absolute Gasteiger partial charge is 0.321 e. The molecule has 1 N–H and O–H groups in total. The number of benzene rings is 3. The fourth-order valence-electron chi connectivity index (χ4n) is 3.95. The molecular weight excluding hydrogens is 472 g/mol. The normalized spacial score (nSPS) is 14.5. The summed E-state index contributed by atoms with van der Waals surface area (Å²) in [5, 5.41) is 3.16. The molecule has 8 heteroatoms. The summed E-state index contributed by atoms with van der Waals surface area (Å²) in [4.78, 5) is 25.8. The van der Waals surface area contributed by atoms with Gasteiger partial charge in [0.25, 0.3) is 5.91 Å². The van der Waals surface area contributed by atoms with Gasteiger partial charge < -0.3 is 5.32 Å². The number of carbonyl (C=O) groups excluding carboxylic acids is 2. The van der Waals surface area contributed by atoms with Crippen LogP contribution in [0.3, 0.4) is 0 Å². The van der Waals surface area contributed by atoms with Gasteiger partial charge in [-0.05, 0) is 48.7 Å². The van der Waals surface area contributed by atoms with Crippen molar-refractivity contribution >= 4 is 39.0 Å². The number of piperidine rings is 1. The zero-order chi connectivity index (χ0) is 24.1. The second kappa shape index (κ2) is 10.5. The maximum atomic E-state index is 13.0. The summed E-state index contributed by atoms with van der Waals surface area (Å²) >= 11 is 6.11. The van der Waals surface area contributed by atoms with Crippen molar-refractivity contribution in [2.24, 2.45) is 0 Å². The van der Waals surface area contributed by atoms with Crippen molar-refractivity contribution in [3.05, 3.63) is 100 Å². The third-order valence-electron chi connectivity index (χ3n) is 5.78. The highest BCUT2D eigenvalue weighted by molar-refractivity contribution is 7.88. The first kappa shape index (κ1) is 24.1. The first-order valence-electron chi connectivity index (χ1n) is 11.1. The lowest BCUT2D eigenvalue weighted by Crippen LogP contribution is -2.36. The molecular formula is C26H25ClN2O4S. The second-order valence-corrected chi connectivity index (χ2v) is 10.7. The minimum absolute atomic E-state index is 0.0954. The van der Waals surface area contributed by atoms with Crippen LogP contribution in [0, 0.1) is 0 Å². The Balaban J connectivity index is 1.49. The smallest absolute Gasteiger partial charge is 0.255 e. The van der Waals surface area contributed by atoms with Crippen LogP contribution in [0.2, 0.25) is 5.02 Å². The number of hydrogen-bond acceptors (Lipinski definition) is 4. The van der Waals surface area contributed by atoms with Gasteiger partial charge in [0.2, 0.25) is 10.0 Å². The summed E-state index contributed by atoms with van der Waals surface area (Å²) < 4.78 is 26.9. The van der Waals surface area contributed by atoms with E-state index in [0.29, 0.717) is 40.5 Å². The van der Waals surface area contributed by atoms with Gasteiger partial charge in [0, 0.05) is 34.8 Å².